The van der Waals surface area contributed by atoms with E-state index >= 15 is 0 Å². The van der Waals surface area contributed by atoms with Crippen molar-refractivity contribution in [3.05, 3.63) is 29.8 Å². The fourth-order valence-electron chi connectivity index (χ4n) is 0.970. The van der Waals surface area contributed by atoms with Gasteiger partial charge in [-0.2, -0.15) is 0 Å². The number of hydrogen-bond donors (Lipinski definition) is 1. The van der Waals surface area contributed by atoms with E-state index in [1.165, 1.54) is 12.1 Å². The van der Waals surface area contributed by atoms with Crippen molar-refractivity contribution >= 4 is 5.97 Å². The van der Waals surface area contributed by atoms with Gasteiger partial charge in [0, 0.05) is 0 Å². The topological polar surface area (TPSA) is 46.5 Å². The van der Waals surface area contributed by atoms with Crippen molar-refractivity contribution in [2.24, 2.45) is 5.92 Å². The van der Waals surface area contributed by atoms with Gasteiger partial charge in [0.1, 0.15) is 11.9 Å². The summed E-state index contributed by atoms with van der Waals surface area (Å²) in [5.74, 6) is 0.0886. The quantitative estimate of drug-likeness (QED) is 0.776. The van der Waals surface area contributed by atoms with E-state index in [9.17, 15) is 4.79 Å². The molecule has 1 atom stereocenters. The van der Waals surface area contributed by atoms with Gasteiger partial charge in [-0.1, -0.05) is 13.8 Å². The molecule has 0 heterocycles. The molecule has 0 fully saturated rings. The lowest BCUT2D eigenvalue weighted by atomic mass is 10.1. The predicted molar refractivity (Wildman–Crippen MR) is 57.8 cm³/mol. The van der Waals surface area contributed by atoms with Crippen molar-refractivity contribution in [1.29, 1.82) is 0 Å². The molecule has 3 heteroatoms. The van der Waals surface area contributed by atoms with Crippen LogP contribution >= 0.6 is 0 Å². The Balaban J connectivity index is 2.65. The van der Waals surface area contributed by atoms with Gasteiger partial charge in [-0.3, -0.25) is 0 Å². The van der Waals surface area contributed by atoms with Crippen molar-refractivity contribution in [2.75, 3.05) is 0 Å². The first-order valence-corrected chi connectivity index (χ1v) is 5.00. The Hall–Kier alpha value is -1.51. The van der Waals surface area contributed by atoms with Crippen LogP contribution in [0.25, 0.3) is 0 Å². The van der Waals surface area contributed by atoms with Crippen molar-refractivity contribution in [1.82, 2.24) is 0 Å². The van der Waals surface area contributed by atoms with E-state index in [-0.39, 0.29) is 17.8 Å². The van der Waals surface area contributed by atoms with Gasteiger partial charge < -0.3 is 9.84 Å². The summed E-state index contributed by atoms with van der Waals surface area (Å²) < 4.78 is 5.22. The maximum Gasteiger partial charge on any atom is 0.338 e. The highest BCUT2D eigenvalue weighted by atomic mass is 16.5. The van der Waals surface area contributed by atoms with Gasteiger partial charge in [-0.05, 0) is 37.1 Å². The smallest absolute Gasteiger partial charge is 0.338 e. The first-order valence-electron chi connectivity index (χ1n) is 5.00. The molecule has 0 aliphatic carbocycles. The van der Waals surface area contributed by atoms with E-state index in [2.05, 4.69) is 0 Å². The van der Waals surface area contributed by atoms with Crippen LogP contribution in [-0.4, -0.2) is 17.2 Å². The molecule has 0 amide bonds. The van der Waals surface area contributed by atoms with Gasteiger partial charge in [0.15, 0.2) is 0 Å². The van der Waals surface area contributed by atoms with Crippen molar-refractivity contribution in [3.8, 4) is 5.75 Å². The number of carbonyl (C=O) groups is 1. The number of esters is 1. The summed E-state index contributed by atoms with van der Waals surface area (Å²) >= 11 is 0. The molecule has 82 valence electrons. The maximum absolute atomic E-state index is 11.6. The summed E-state index contributed by atoms with van der Waals surface area (Å²) in [7, 11) is 0. The largest absolute Gasteiger partial charge is 0.508 e. The van der Waals surface area contributed by atoms with Gasteiger partial charge in [0.05, 0.1) is 5.56 Å². The van der Waals surface area contributed by atoms with Crippen LogP contribution in [-0.2, 0) is 4.74 Å². The highest BCUT2D eigenvalue weighted by molar-refractivity contribution is 5.89. The Morgan fingerprint density at radius 1 is 1.20 bits per heavy atom. The molecule has 0 saturated heterocycles. The minimum Gasteiger partial charge on any atom is -0.508 e. The average molecular weight is 208 g/mol. The first kappa shape index (κ1) is 11.6. The monoisotopic (exact) mass is 208 g/mol. The van der Waals surface area contributed by atoms with Gasteiger partial charge in [-0.15, -0.1) is 0 Å². The summed E-state index contributed by atoms with van der Waals surface area (Å²) in [5, 5.41) is 9.06. The van der Waals surface area contributed by atoms with Crippen LogP contribution in [0, 0.1) is 5.92 Å². The average Bonchev–Trinajstić information content (AvgIpc) is 2.18. The van der Waals surface area contributed by atoms with E-state index in [1.807, 2.05) is 20.8 Å². The molecular formula is C12H16O3. The third kappa shape index (κ3) is 3.27. The van der Waals surface area contributed by atoms with E-state index in [0.29, 0.717) is 11.5 Å². The van der Waals surface area contributed by atoms with Crippen LogP contribution in [0.4, 0.5) is 0 Å². The third-order valence-electron chi connectivity index (χ3n) is 2.33. The molecule has 0 aliphatic rings. The molecule has 1 rings (SSSR count). The summed E-state index contributed by atoms with van der Waals surface area (Å²) in [6, 6.07) is 6.03. The second-order valence-electron chi connectivity index (χ2n) is 3.90. The molecule has 1 aromatic rings. The third-order valence-corrected chi connectivity index (χ3v) is 2.33. The second-order valence-corrected chi connectivity index (χ2v) is 3.90. The zero-order valence-corrected chi connectivity index (χ0v) is 9.23. The molecule has 0 spiro atoms. The SMILES string of the molecule is CC(C)C(C)OC(=O)c1ccc(O)cc1. The van der Waals surface area contributed by atoms with Crippen LogP contribution in [0.15, 0.2) is 24.3 Å². The molecular weight excluding hydrogens is 192 g/mol. The van der Waals surface area contributed by atoms with Crippen molar-refractivity contribution in [3.63, 3.8) is 0 Å². The predicted octanol–water partition coefficient (Wildman–Crippen LogP) is 2.59. The summed E-state index contributed by atoms with van der Waals surface area (Å²) in [6.45, 7) is 5.85. The van der Waals surface area contributed by atoms with Gasteiger partial charge in [0.25, 0.3) is 0 Å². The van der Waals surface area contributed by atoms with E-state index in [4.69, 9.17) is 9.84 Å². The molecule has 0 radical (unpaired) electrons. The fraction of sp³-hybridized carbons (Fsp3) is 0.417. The Kier molecular flexibility index (Phi) is 3.72. The van der Waals surface area contributed by atoms with Gasteiger partial charge in [0.2, 0.25) is 0 Å². The highest BCUT2D eigenvalue weighted by Crippen LogP contribution is 2.13. The number of rotatable bonds is 3. The lowest BCUT2D eigenvalue weighted by Crippen LogP contribution is -2.20. The van der Waals surface area contributed by atoms with Crippen LogP contribution in [0.2, 0.25) is 0 Å². The summed E-state index contributed by atoms with van der Waals surface area (Å²) in [5.41, 5.74) is 0.459. The van der Waals surface area contributed by atoms with Crippen LogP contribution < -0.4 is 0 Å². The minimum atomic E-state index is -0.351. The molecule has 3 nitrogen and oxygen atoms in total. The van der Waals surface area contributed by atoms with E-state index in [1.54, 1.807) is 12.1 Å². The van der Waals surface area contributed by atoms with E-state index in [0.717, 1.165) is 0 Å². The van der Waals surface area contributed by atoms with E-state index < -0.39 is 0 Å². The second kappa shape index (κ2) is 4.82. The lowest BCUT2D eigenvalue weighted by molar-refractivity contribution is 0.0238. The molecule has 15 heavy (non-hydrogen) atoms. The van der Waals surface area contributed by atoms with Gasteiger partial charge in [-0.25, -0.2) is 4.79 Å². The fourth-order valence-corrected chi connectivity index (χ4v) is 0.970. The van der Waals surface area contributed by atoms with Crippen molar-refractivity contribution in [2.45, 2.75) is 26.9 Å². The lowest BCUT2D eigenvalue weighted by Gasteiger charge is -2.16. The van der Waals surface area contributed by atoms with Crippen molar-refractivity contribution < 1.29 is 14.6 Å². The number of benzene rings is 1. The molecule has 1 unspecified atom stereocenters. The van der Waals surface area contributed by atoms with Crippen LogP contribution in [0.1, 0.15) is 31.1 Å². The number of phenols is 1. The maximum atomic E-state index is 11.6. The summed E-state index contributed by atoms with van der Waals surface area (Å²) in [6.07, 6.45) is -0.105. The number of hydrogen-bond acceptors (Lipinski definition) is 3. The first-order chi connectivity index (χ1) is 7.00. The zero-order valence-electron chi connectivity index (χ0n) is 9.23. The Labute approximate surface area is 89.7 Å². The standard InChI is InChI=1S/C12H16O3/c1-8(2)9(3)15-12(14)10-4-6-11(13)7-5-10/h4-9,13H,1-3H3. The summed E-state index contributed by atoms with van der Waals surface area (Å²) in [4.78, 5) is 11.6. The zero-order chi connectivity index (χ0) is 11.4. The number of carbonyl (C=O) groups excluding carboxylic acids is 1. The Bertz CT molecular complexity index is 327. The number of aromatic hydroxyl groups is 1. The highest BCUT2D eigenvalue weighted by Gasteiger charge is 2.14. The molecule has 1 N–H and O–H groups in total. The Morgan fingerprint density at radius 2 is 1.73 bits per heavy atom. The van der Waals surface area contributed by atoms with Crippen LogP contribution in [0.5, 0.6) is 5.75 Å². The number of phenolic OH excluding ortho intramolecular Hbond substituents is 1. The molecule has 0 aromatic heterocycles. The molecule has 0 saturated carbocycles. The minimum absolute atomic E-state index is 0.105. The molecule has 1 aromatic carbocycles. The van der Waals surface area contributed by atoms with Crippen LogP contribution in [0.3, 0.4) is 0 Å². The normalized spacial score (nSPS) is 12.5. The Morgan fingerprint density at radius 3 is 2.20 bits per heavy atom. The molecule has 0 bridgehead atoms. The van der Waals surface area contributed by atoms with Gasteiger partial charge >= 0.3 is 5.97 Å². The molecule has 0 aliphatic heterocycles. The number of ether oxygens (including phenoxy) is 1.